The number of H-pyrrole nitrogens is 1. The molecular formula is C11H20N4O2S. The van der Waals surface area contributed by atoms with Gasteiger partial charge in [0.2, 0.25) is 10.0 Å². The Balaban J connectivity index is 1.98. The van der Waals surface area contributed by atoms with Gasteiger partial charge in [-0.15, -0.1) is 0 Å². The minimum absolute atomic E-state index is 0.234. The fourth-order valence-corrected chi connectivity index (χ4v) is 3.42. The number of aromatic nitrogens is 2. The Bertz CT molecular complexity index is 463. The topological polar surface area (TPSA) is 69.3 Å². The van der Waals surface area contributed by atoms with Crippen molar-refractivity contribution in [2.24, 2.45) is 5.92 Å². The SMILES string of the molecule is CN1CCC(CN(C)S(=O)(=O)c2cn[nH]c2)CC1. The third-order valence-corrected chi connectivity index (χ3v) is 5.32. The van der Waals surface area contributed by atoms with E-state index in [4.69, 9.17) is 0 Å². The summed E-state index contributed by atoms with van der Waals surface area (Å²) in [5, 5.41) is 6.23. The van der Waals surface area contributed by atoms with Crippen LogP contribution in [0.1, 0.15) is 12.8 Å². The molecule has 1 aliphatic heterocycles. The van der Waals surface area contributed by atoms with Crippen LogP contribution < -0.4 is 0 Å². The Morgan fingerprint density at radius 2 is 2.17 bits per heavy atom. The first-order valence-electron chi connectivity index (χ1n) is 6.14. The van der Waals surface area contributed by atoms with Crippen molar-refractivity contribution in [2.45, 2.75) is 17.7 Å². The first kappa shape index (κ1) is 13.5. The van der Waals surface area contributed by atoms with E-state index in [1.807, 2.05) is 0 Å². The first-order valence-corrected chi connectivity index (χ1v) is 7.58. The van der Waals surface area contributed by atoms with Gasteiger partial charge >= 0.3 is 0 Å². The van der Waals surface area contributed by atoms with Crippen LogP contribution in [0.3, 0.4) is 0 Å². The highest BCUT2D eigenvalue weighted by Crippen LogP contribution is 2.20. The van der Waals surface area contributed by atoms with Gasteiger partial charge in [-0.3, -0.25) is 5.10 Å². The van der Waals surface area contributed by atoms with Crippen LogP contribution in [0, 0.1) is 5.92 Å². The molecule has 0 unspecified atom stereocenters. The molecule has 0 atom stereocenters. The van der Waals surface area contributed by atoms with E-state index in [-0.39, 0.29) is 4.90 Å². The number of nitrogens with one attached hydrogen (secondary N) is 1. The van der Waals surface area contributed by atoms with E-state index in [9.17, 15) is 8.42 Å². The minimum atomic E-state index is -3.38. The van der Waals surface area contributed by atoms with Crippen LogP contribution in [-0.2, 0) is 10.0 Å². The van der Waals surface area contributed by atoms with Crippen molar-refractivity contribution < 1.29 is 8.42 Å². The molecule has 7 heteroatoms. The highest BCUT2D eigenvalue weighted by atomic mass is 32.2. The average Bonchev–Trinajstić information content (AvgIpc) is 2.86. The molecule has 2 heterocycles. The predicted octanol–water partition coefficient (Wildman–Crippen LogP) is 0.372. The predicted molar refractivity (Wildman–Crippen MR) is 68.6 cm³/mol. The number of nitrogens with zero attached hydrogens (tertiary/aromatic N) is 3. The second-order valence-electron chi connectivity index (χ2n) is 4.97. The third-order valence-electron chi connectivity index (χ3n) is 3.53. The lowest BCUT2D eigenvalue weighted by Gasteiger charge is -2.31. The summed E-state index contributed by atoms with van der Waals surface area (Å²) in [5.74, 6) is 0.452. The van der Waals surface area contributed by atoms with Crippen LogP contribution in [-0.4, -0.2) is 61.5 Å². The normalized spacial score (nSPS) is 19.5. The molecule has 1 fully saturated rings. The highest BCUT2D eigenvalue weighted by Gasteiger charge is 2.26. The van der Waals surface area contributed by atoms with Gasteiger partial charge in [0.25, 0.3) is 0 Å². The molecule has 1 aliphatic rings. The maximum atomic E-state index is 12.2. The summed E-state index contributed by atoms with van der Waals surface area (Å²) in [6.45, 7) is 2.68. The lowest BCUT2D eigenvalue weighted by molar-refractivity contribution is 0.202. The van der Waals surface area contributed by atoms with Gasteiger partial charge < -0.3 is 4.90 Å². The van der Waals surface area contributed by atoms with Crippen LogP contribution in [0.5, 0.6) is 0 Å². The van der Waals surface area contributed by atoms with Gasteiger partial charge in [-0.1, -0.05) is 0 Å². The molecule has 0 saturated carbocycles. The maximum Gasteiger partial charge on any atom is 0.245 e. The van der Waals surface area contributed by atoms with E-state index in [1.54, 1.807) is 7.05 Å². The number of hydrogen-bond donors (Lipinski definition) is 1. The Hall–Kier alpha value is -0.920. The zero-order valence-electron chi connectivity index (χ0n) is 10.8. The van der Waals surface area contributed by atoms with Crippen molar-refractivity contribution >= 4 is 10.0 Å². The lowest BCUT2D eigenvalue weighted by Crippen LogP contribution is -2.37. The number of hydrogen-bond acceptors (Lipinski definition) is 4. The summed E-state index contributed by atoms with van der Waals surface area (Å²) >= 11 is 0. The Morgan fingerprint density at radius 3 is 2.72 bits per heavy atom. The molecule has 0 spiro atoms. The summed E-state index contributed by atoms with van der Waals surface area (Å²) in [6.07, 6.45) is 4.88. The van der Waals surface area contributed by atoms with Crippen molar-refractivity contribution in [3.8, 4) is 0 Å². The smallest absolute Gasteiger partial charge is 0.245 e. The van der Waals surface area contributed by atoms with Crippen molar-refractivity contribution in [3.05, 3.63) is 12.4 Å². The Labute approximate surface area is 108 Å². The molecule has 1 aromatic heterocycles. The van der Waals surface area contributed by atoms with Gasteiger partial charge in [-0.25, -0.2) is 12.7 Å². The molecule has 0 aromatic carbocycles. The van der Waals surface area contributed by atoms with E-state index >= 15 is 0 Å². The van der Waals surface area contributed by atoms with Gasteiger partial charge in [-0.2, -0.15) is 5.10 Å². The van der Waals surface area contributed by atoms with Gasteiger partial charge in [0, 0.05) is 19.8 Å². The summed E-state index contributed by atoms with van der Waals surface area (Å²) in [5.41, 5.74) is 0. The monoisotopic (exact) mass is 272 g/mol. The zero-order valence-corrected chi connectivity index (χ0v) is 11.7. The number of piperidine rings is 1. The van der Waals surface area contributed by atoms with Crippen molar-refractivity contribution in [1.82, 2.24) is 19.4 Å². The van der Waals surface area contributed by atoms with Crippen LogP contribution in [0.4, 0.5) is 0 Å². The maximum absolute atomic E-state index is 12.2. The number of sulfonamides is 1. The van der Waals surface area contributed by atoms with E-state index in [0.29, 0.717) is 12.5 Å². The minimum Gasteiger partial charge on any atom is -0.306 e. The quantitative estimate of drug-likeness (QED) is 0.860. The molecule has 0 amide bonds. The second-order valence-corrected chi connectivity index (χ2v) is 7.01. The fraction of sp³-hybridized carbons (Fsp3) is 0.727. The summed E-state index contributed by atoms with van der Waals surface area (Å²) in [6, 6.07) is 0. The van der Waals surface area contributed by atoms with Gasteiger partial charge in [0.15, 0.2) is 0 Å². The molecule has 0 bridgehead atoms. The second kappa shape index (κ2) is 5.38. The molecule has 2 rings (SSSR count). The summed E-state index contributed by atoms with van der Waals surface area (Å²) in [7, 11) is 0.356. The Morgan fingerprint density at radius 1 is 1.50 bits per heavy atom. The summed E-state index contributed by atoms with van der Waals surface area (Å²) in [4.78, 5) is 2.51. The molecule has 18 heavy (non-hydrogen) atoms. The first-order chi connectivity index (χ1) is 8.50. The molecule has 1 N–H and O–H groups in total. The molecule has 6 nitrogen and oxygen atoms in total. The number of rotatable bonds is 4. The van der Waals surface area contributed by atoms with Gasteiger partial charge in [-0.05, 0) is 38.9 Å². The van der Waals surface area contributed by atoms with Crippen LogP contribution in [0.25, 0.3) is 0 Å². The van der Waals surface area contributed by atoms with Crippen LogP contribution >= 0.6 is 0 Å². The molecule has 0 radical (unpaired) electrons. The largest absolute Gasteiger partial charge is 0.306 e. The van der Waals surface area contributed by atoms with Crippen molar-refractivity contribution in [1.29, 1.82) is 0 Å². The van der Waals surface area contributed by atoms with E-state index in [1.165, 1.54) is 16.7 Å². The van der Waals surface area contributed by atoms with Crippen LogP contribution in [0.15, 0.2) is 17.3 Å². The number of aromatic amines is 1. The molecule has 1 saturated heterocycles. The molecule has 0 aliphatic carbocycles. The molecule has 1 aromatic rings. The summed E-state index contributed by atoms with van der Waals surface area (Å²) < 4.78 is 25.8. The van der Waals surface area contributed by atoms with E-state index in [2.05, 4.69) is 22.1 Å². The Kier molecular flexibility index (Phi) is 4.04. The van der Waals surface area contributed by atoms with Crippen molar-refractivity contribution in [3.63, 3.8) is 0 Å². The van der Waals surface area contributed by atoms with Crippen molar-refractivity contribution in [2.75, 3.05) is 33.7 Å². The van der Waals surface area contributed by atoms with E-state index < -0.39 is 10.0 Å². The van der Waals surface area contributed by atoms with Crippen LogP contribution in [0.2, 0.25) is 0 Å². The molecular weight excluding hydrogens is 252 g/mol. The average molecular weight is 272 g/mol. The molecule has 102 valence electrons. The van der Waals surface area contributed by atoms with Gasteiger partial charge in [0.1, 0.15) is 4.90 Å². The lowest BCUT2D eigenvalue weighted by atomic mass is 9.97. The standard InChI is InChI=1S/C11H20N4O2S/c1-14-5-3-10(4-6-14)9-15(2)18(16,17)11-7-12-13-8-11/h7-8,10H,3-6,9H2,1-2H3,(H,12,13). The number of likely N-dealkylation sites (tertiary alicyclic amines) is 1. The highest BCUT2D eigenvalue weighted by molar-refractivity contribution is 7.89. The van der Waals surface area contributed by atoms with E-state index in [0.717, 1.165) is 25.9 Å². The zero-order chi connectivity index (χ0) is 13.2. The third kappa shape index (κ3) is 2.90. The van der Waals surface area contributed by atoms with Gasteiger partial charge in [0.05, 0.1) is 6.20 Å². The fourth-order valence-electron chi connectivity index (χ4n) is 2.27.